The first kappa shape index (κ1) is 15.2. The highest BCUT2D eigenvalue weighted by molar-refractivity contribution is 7.09. The second kappa shape index (κ2) is 6.03. The molecule has 0 radical (unpaired) electrons. The van der Waals surface area contributed by atoms with E-state index in [4.69, 9.17) is 11.5 Å². The molecule has 0 aliphatic heterocycles. The van der Waals surface area contributed by atoms with Crippen LogP contribution in [-0.2, 0) is 25.0 Å². The number of nitrogens with zero attached hydrogens (tertiary/aromatic N) is 3. The van der Waals surface area contributed by atoms with Gasteiger partial charge in [-0.1, -0.05) is 13.8 Å². The number of aromatic nitrogens is 3. The summed E-state index contributed by atoms with van der Waals surface area (Å²) in [5, 5.41) is 7.61. The summed E-state index contributed by atoms with van der Waals surface area (Å²) in [6, 6.07) is 2.04. The average Bonchev–Trinajstić information content (AvgIpc) is 3.03. The molecule has 0 atom stereocenters. The molecule has 20 heavy (non-hydrogen) atoms. The van der Waals surface area contributed by atoms with Gasteiger partial charge in [0.05, 0.1) is 11.4 Å². The molecule has 0 bridgehead atoms. The van der Waals surface area contributed by atoms with Crippen LogP contribution >= 0.6 is 11.3 Å². The van der Waals surface area contributed by atoms with Crippen LogP contribution < -0.4 is 11.5 Å². The van der Waals surface area contributed by atoms with E-state index in [1.807, 2.05) is 10.7 Å². The summed E-state index contributed by atoms with van der Waals surface area (Å²) in [4.78, 5) is 4.60. The van der Waals surface area contributed by atoms with Crippen molar-refractivity contribution in [1.82, 2.24) is 14.8 Å². The molecule has 110 valence electrons. The molecule has 5 nitrogen and oxygen atoms in total. The van der Waals surface area contributed by atoms with Gasteiger partial charge in [-0.25, -0.2) is 4.98 Å². The van der Waals surface area contributed by atoms with Crippen molar-refractivity contribution in [3.8, 4) is 0 Å². The average molecular weight is 293 g/mol. The zero-order valence-electron chi connectivity index (χ0n) is 12.4. The Bertz CT molecular complexity index is 570. The maximum atomic E-state index is 5.63. The van der Waals surface area contributed by atoms with E-state index in [1.54, 1.807) is 11.3 Å². The number of thiazole rings is 1. The molecule has 0 aromatic carbocycles. The maximum absolute atomic E-state index is 5.63. The fraction of sp³-hybridized carbons (Fsp3) is 0.571. The lowest BCUT2D eigenvalue weighted by atomic mass is 9.86. The van der Waals surface area contributed by atoms with E-state index in [9.17, 15) is 0 Å². The second-order valence-corrected chi connectivity index (χ2v) is 6.61. The lowest BCUT2D eigenvalue weighted by molar-refractivity contribution is 0.408. The van der Waals surface area contributed by atoms with Crippen molar-refractivity contribution in [2.45, 2.75) is 52.2 Å². The summed E-state index contributed by atoms with van der Waals surface area (Å²) in [7, 11) is 0. The van der Waals surface area contributed by atoms with E-state index in [0.717, 1.165) is 35.1 Å². The molecule has 2 aromatic heterocycles. The Morgan fingerprint density at radius 3 is 2.60 bits per heavy atom. The van der Waals surface area contributed by atoms with Crippen molar-refractivity contribution >= 4 is 11.3 Å². The molecule has 2 heterocycles. The zero-order valence-corrected chi connectivity index (χ0v) is 13.2. The highest BCUT2D eigenvalue weighted by Crippen LogP contribution is 2.28. The molecule has 2 aromatic rings. The third-order valence-electron chi connectivity index (χ3n) is 3.61. The lowest BCUT2D eigenvalue weighted by Crippen LogP contribution is -2.21. The SMILES string of the molecule is Cc1cc(CN)nn1CCC(C)(C)c1csc(CN)n1. The summed E-state index contributed by atoms with van der Waals surface area (Å²) in [6.07, 6.45) is 0.979. The van der Waals surface area contributed by atoms with Crippen molar-refractivity contribution in [3.63, 3.8) is 0 Å². The largest absolute Gasteiger partial charge is 0.325 e. The Balaban J connectivity index is 2.06. The Morgan fingerprint density at radius 2 is 2.05 bits per heavy atom. The molecule has 0 amide bonds. The molecule has 0 unspecified atom stereocenters. The summed E-state index contributed by atoms with van der Waals surface area (Å²) in [5.74, 6) is 0. The topological polar surface area (TPSA) is 82.8 Å². The van der Waals surface area contributed by atoms with Gasteiger partial charge in [0.1, 0.15) is 5.01 Å². The second-order valence-electron chi connectivity index (χ2n) is 5.67. The molecule has 4 N–H and O–H groups in total. The van der Waals surface area contributed by atoms with Crippen LogP contribution in [0.3, 0.4) is 0 Å². The number of hydrogen-bond acceptors (Lipinski definition) is 5. The van der Waals surface area contributed by atoms with Crippen molar-refractivity contribution in [1.29, 1.82) is 0 Å². The van der Waals surface area contributed by atoms with Gasteiger partial charge in [0.15, 0.2) is 0 Å². The molecule has 0 fully saturated rings. The van der Waals surface area contributed by atoms with E-state index >= 15 is 0 Å². The predicted octanol–water partition coefficient (Wildman–Crippen LogP) is 1.93. The van der Waals surface area contributed by atoms with Crippen molar-refractivity contribution in [2.24, 2.45) is 11.5 Å². The Labute approximate surface area is 124 Å². The Hall–Kier alpha value is -1.24. The fourth-order valence-electron chi connectivity index (χ4n) is 2.13. The fourth-order valence-corrected chi connectivity index (χ4v) is 3.00. The van der Waals surface area contributed by atoms with Crippen LogP contribution in [0.2, 0.25) is 0 Å². The first-order chi connectivity index (χ1) is 9.46. The van der Waals surface area contributed by atoms with E-state index in [2.05, 4.69) is 36.2 Å². The van der Waals surface area contributed by atoms with Crippen LogP contribution in [0, 0.1) is 6.92 Å². The van der Waals surface area contributed by atoms with Crippen molar-refractivity contribution in [2.75, 3.05) is 0 Å². The minimum absolute atomic E-state index is 0.0190. The molecule has 6 heteroatoms. The van der Waals surface area contributed by atoms with E-state index in [-0.39, 0.29) is 5.41 Å². The molecular weight excluding hydrogens is 270 g/mol. The minimum Gasteiger partial charge on any atom is -0.325 e. The van der Waals surface area contributed by atoms with Gasteiger partial charge >= 0.3 is 0 Å². The molecule has 2 rings (SSSR count). The highest BCUT2D eigenvalue weighted by Gasteiger charge is 2.24. The first-order valence-corrected chi connectivity index (χ1v) is 7.72. The summed E-state index contributed by atoms with van der Waals surface area (Å²) in [6.45, 7) is 8.36. The maximum Gasteiger partial charge on any atom is 0.106 e. The smallest absolute Gasteiger partial charge is 0.106 e. The van der Waals surface area contributed by atoms with Crippen molar-refractivity contribution < 1.29 is 0 Å². The molecule has 0 aliphatic rings. The minimum atomic E-state index is 0.0190. The van der Waals surface area contributed by atoms with Crippen LogP contribution in [0.1, 0.15) is 42.4 Å². The van der Waals surface area contributed by atoms with Gasteiger partial charge in [-0.15, -0.1) is 11.3 Å². The van der Waals surface area contributed by atoms with Crippen LogP contribution in [0.15, 0.2) is 11.4 Å². The molecule has 0 saturated carbocycles. The van der Waals surface area contributed by atoms with Gasteiger partial charge in [0, 0.05) is 36.1 Å². The standard InChI is InChI=1S/C14H23N5S/c1-10-6-11(7-15)18-19(10)5-4-14(2,3)12-9-20-13(8-16)17-12/h6,9H,4-5,7-8,15-16H2,1-3H3. The van der Waals surface area contributed by atoms with E-state index in [1.165, 1.54) is 0 Å². The van der Waals surface area contributed by atoms with Crippen LogP contribution in [-0.4, -0.2) is 14.8 Å². The molecule has 0 spiro atoms. The summed E-state index contributed by atoms with van der Waals surface area (Å²) in [5.41, 5.74) is 14.5. The summed E-state index contributed by atoms with van der Waals surface area (Å²) >= 11 is 1.63. The third kappa shape index (κ3) is 3.26. The molecule has 0 saturated heterocycles. The molecule has 0 aliphatic carbocycles. The van der Waals surface area contributed by atoms with Gasteiger partial charge in [0.25, 0.3) is 0 Å². The van der Waals surface area contributed by atoms with Crippen LogP contribution in [0.25, 0.3) is 0 Å². The van der Waals surface area contributed by atoms with Crippen LogP contribution in [0.4, 0.5) is 0 Å². The van der Waals surface area contributed by atoms with Gasteiger partial charge < -0.3 is 11.5 Å². The lowest BCUT2D eigenvalue weighted by Gasteiger charge is -2.22. The van der Waals surface area contributed by atoms with E-state index < -0.39 is 0 Å². The summed E-state index contributed by atoms with van der Waals surface area (Å²) < 4.78 is 2.03. The number of hydrogen-bond donors (Lipinski definition) is 2. The predicted molar refractivity (Wildman–Crippen MR) is 82.5 cm³/mol. The Kier molecular flexibility index (Phi) is 4.57. The van der Waals surface area contributed by atoms with Crippen molar-refractivity contribution in [3.05, 3.63) is 33.5 Å². The highest BCUT2D eigenvalue weighted by atomic mass is 32.1. The monoisotopic (exact) mass is 293 g/mol. The van der Waals surface area contributed by atoms with E-state index in [0.29, 0.717) is 13.1 Å². The van der Waals surface area contributed by atoms with Gasteiger partial charge in [-0.05, 0) is 19.4 Å². The third-order valence-corrected chi connectivity index (χ3v) is 4.48. The number of nitrogens with two attached hydrogens (primary N) is 2. The molecular formula is C14H23N5S. The number of rotatable bonds is 6. The normalized spacial score (nSPS) is 12.1. The Morgan fingerprint density at radius 1 is 1.30 bits per heavy atom. The van der Waals surface area contributed by atoms with Gasteiger partial charge in [0.2, 0.25) is 0 Å². The quantitative estimate of drug-likeness (QED) is 0.852. The zero-order chi connectivity index (χ0) is 14.8. The van der Waals surface area contributed by atoms with Crippen LogP contribution in [0.5, 0.6) is 0 Å². The first-order valence-electron chi connectivity index (χ1n) is 6.84. The van der Waals surface area contributed by atoms with Gasteiger partial charge in [-0.3, -0.25) is 4.68 Å². The van der Waals surface area contributed by atoms with Gasteiger partial charge in [-0.2, -0.15) is 5.10 Å². The number of aryl methyl sites for hydroxylation is 2.